The van der Waals surface area contributed by atoms with E-state index in [-0.39, 0.29) is 12.8 Å². The normalized spacial score (nSPS) is 12.8. The van der Waals surface area contributed by atoms with Crippen LogP contribution in [0.2, 0.25) is 0 Å². The molecule has 1 nitrogen and oxygen atoms in total. The van der Waals surface area contributed by atoms with Crippen LogP contribution < -0.4 is 0 Å². The van der Waals surface area contributed by atoms with Crippen LogP contribution in [0.25, 0.3) is 0 Å². The molecule has 0 saturated heterocycles. The molecule has 18 heavy (non-hydrogen) atoms. The maximum atomic E-state index is 13.4. The molecule has 0 unspecified atom stereocenters. The Morgan fingerprint density at radius 1 is 0.778 bits per heavy atom. The minimum atomic E-state index is -3.68. The third-order valence-electron chi connectivity index (χ3n) is 2.92. The Morgan fingerprint density at radius 3 is 1.39 bits per heavy atom. The van der Waals surface area contributed by atoms with Crippen LogP contribution >= 0.6 is 0 Å². The molecule has 1 N–H and O–H groups in total. The predicted molar refractivity (Wildman–Crippen MR) is 65.9 cm³/mol. The molecular formula is C13H23F4N. The molecule has 0 aromatic heterocycles. The van der Waals surface area contributed by atoms with Crippen LogP contribution in [-0.4, -0.2) is 17.6 Å². The highest BCUT2D eigenvalue weighted by atomic mass is 19.3. The molecule has 0 aliphatic heterocycles. The van der Waals surface area contributed by atoms with Gasteiger partial charge >= 0.3 is 0 Å². The summed E-state index contributed by atoms with van der Waals surface area (Å²) in [6, 6.07) is 0. The SMILES string of the molecule is CCCCCC(F)(F)C(=N)C(F)(F)CCCCC. The quantitative estimate of drug-likeness (QED) is 0.310. The molecule has 0 aromatic rings. The summed E-state index contributed by atoms with van der Waals surface area (Å²) >= 11 is 0. The Balaban J connectivity index is 4.38. The smallest absolute Gasteiger partial charge is 0.291 e. The summed E-state index contributed by atoms with van der Waals surface area (Å²) in [4.78, 5) is 0. The fourth-order valence-electron chi connectivity index (χ4n) is 1.71. The van der Waals surface area contributed by atoms with E-state index in [4.69, 9.17) is 5.41 Å². The molecule has 0 amide bonds. The zero-order valence-electron chi connectivity index (χ0n) is 11.2. The number of alkyl halides is 4. The first-order chi connectivity index (χ1) is 8.28. The van der Waals surface area contributed by atoms with Crippen molar-refractivity contribution in [3.63, 3.8) is 0 Å². The van der Waals surface area contributed by atoms with Gasteiger partial charge in [-0.1, -0.05) is 39.5 Å². The van der Waals surface area contributed by atoms with Gasteiger partial charge in [-0.25, -0.2) is 0 Å². The van der Waals surface area contributed by atoms with Gasteiger partial charge in [0.05, 0.1) is 0 Å². The number of nitrogens with one attached hydrogen (secondary N) is 1. The van der Waals surface area contributed by atoms with Gasteiger partial charge in [-0.2, -0.15) is 17.6 Å². The van der Waals surface area contributed by atoms with E-state index in [2.05, 4.69) is 0 Å². The van der Waals surface area contributed by atoms with E-state index >= 15 is 0 Å². The van der Waals surface area contributed by atoms with Crippen LogP contribution in [0.3, 0.4) is 0 Å². The van der Waals surface area contributed by atoms with Crippen molar-refractivity contribution in [2.45, 2.75) is 77.1 Å². The lowest BCUT2D eigenvalue weighted by Crippen LogP contribution is -2.42. The van der Waals surface area contributed by atoms with Gasteiger partial charge in [-0.05, 0) is 12.8 Å². The highest BCUT2D eigenvalue weighted by Gasteiger charge is 2.48. The summed E-state index contributed by atoms with van der Waals surface area (Å²) in [5.74, 6) is -7.35. The molecule has 5 heteroatoms. The summed E-state index contributed by atoms with van der Waals surface area (Å²) in [5, 5.41) is 7.07. The first-order valence-electron chi connectivity index (χ1n) is 6.63. The lowest BCUT2D eigenvalue weighted by Gasteiger charge is -2.24. The lowest BCUT2D eigenvalue weighted by molar-refractivity contribution is 0.00320. The van der Waals surface area contributed by atoms with Gasteiger partial charge in [-0.15, -0.1) is 0 Å². The van der Waals surface area contributed by atoms with E-state index < -0.39 is 30.4 Å². The van der Waals surface area contributed by atoms with Gasteiger partial charge in [0.25, 0.3) is 11.8 Å². The highest BCUT2D eigenvalue weighted by molar-refractivity contribution is 5.94. The number of hydrogen-bond donors (Lipinski definition) is 1. The van der Waals surface area contributed by atoms with Crippen molar-refractivity contribution < 1.29 is 17.6 Å². The first kappa shape index (κ1) is 17.4. The van der Waals surface area contributed by atoms with Crippen molar-refractivity contribution >= 4 is 5.71 Å². The van der Waals surface area contributed by atoms with Gasteiger partial charge in [0.15, 0.2) is 0 Å². The Bertz CT molecular complexity index is 227. The molecule has 0 spiro atoms. The van der Waals surface area contributed by atoms with Crippen molar-refractivity contribution in [1.29, 1.82) is 5.41 Å². The van der Waals surface area contributed by atoms with E-state index in [0.717, 1.165) is 12.8 Å². The summed E-state index contributed by atoms with van der Waals surface area (Å²) in [7, 11) is 0. The minimum absolute atomic E-state index is 0.178. The number of unbranched alkanes of at least 4 members (excludes halogenated alkanes) is 4. The number of halogens is 4. The largest absolute Gasteiger partial charge is 0.298 e. The Hall–Kier alpha value is -0.610. The summed E-state index contributed by atoms with van der Waals surface area (Å²) in [6.07, 6.45) is 1.70. The van der Waals surface area contributed by atoms with E-state index in [0.29, 0.717) is 12.8 Å². The molecule has 0 rings (SSSR count). The maximum Gasteiger partial charge on any atom is 0.291 e. The van der Waals surface area contributed by atoms with Crippen molar-refractivity contribution in [2.24, 2.45) is 0 Å². The monoisotopic (exact) mass is 269 g/mol. The molecule has 0 aliphatic rings. The number of hydrogen-bond acceptors (Lipinski definition) is 1. The molecule has 0 atom stereocenters. The fraction of sp³-hybridized carbons (Fsp3) is 0.923. The molecule has 0 aromatic carbocycles. The molecular weight excluding hydrogens is 246 g/mol. The maximum absolute atomic E-state index is 13.4. The molecule has 0 saturated carbocycles. The zero-order valence-corrected chi connectivity index (χ0v) is 11.2. The van der Waals surface area contributed by atoms with E-state index in [1.807, 2.05) is 13.8 Å². The van der Waals surface area contributed by atoms with Crippen molar-refractivity contribution in [1.82, 2.24) is 0 Å². The average Bonchev–Trinajstić information content (AvgIpc) is 2.28. The van der Waals surface area contributed by atoms with Crippen LogP contribution in [0.1, 0.15) is 65.2 Å². The molecule has 0 bridgehead atoms. The highest BCUT2D eigenvalue weighted by Crippen LogP contribution is 2.34. The van der Waals surface area contributed by atoms with Gasteiger partial charge in [-0.3, -0.25) is 5.41 Å². The lowest BCUT2D eigenvalue weighted by atomic mass is 9.97. The molecule has 0 fully saturated rings. The van der Waals surface area contributed by atoms with Gasteiger partial charge in [0.2, 0.25) is 0 Å². The zero-order chi connectivity index (χ0) is 14.2. The van der Waals surface area contributed by atoms with Crippen LogP contribution in [0.4, 0.5) is 17.6 Å². The van der Waals surface area contributed by atoms with Crippen LogP contribution in [0, 0.1) is 5.41 Å². The second kappa shape index (κ2) is 7.74. The Morgan fingerprint density at radius 2 is 1.11 bits per heavy atom. The first-order valence-corrected chi connectivity index (χ1v) is 6.63. The average molecular weight is 269 g/mol. The Kier molecular flexibility index (Phi) is 7.48. The fourth-order valence-corrected chi connectivity index (χ4v) is 1.71. The third kappa shape index (κ3) is 5.83. The van der Waals surface area contributed by atoms with Gasteiger partial charge < -0.3 is 0 Å². The standard InChI is InChI=1S/C13H23F4N/c1-3-5-7-9-12(14,15)11(18)13(16,17)10-8-6-4-2/h18H,3-10H2,1-2H3. The molecule has 0 aliphatic carbocycles. The summed E-state index contributed by atoms with van der Waals surface area (Å²) < 4.78 is 53.8. The van der Waals surface area contributed by atoms with E-state index in [9.17, 15) is 17.6 Å². The second-order valence-corrected chi connectivity index (χ2v) is 4.70. The van der Waals surface area contributed by atoms with Crippen molar-refractivity contribution in [2.75, 3.05) is 0 Å². The molecule has 108 valence electrons. The minimum Gasteiger partial charge on any atom is -0.298 e. The topological polar surface area (TPSA) is 23.9 Å². The van der Waals surface area contributed by atoms with Crippen LogP contribution in [0.5, 0.6) is 0 Å². The summed E-state index contributed by atoms with van der Waals surface area (Å²) in [5.41, 5.74) is -1.71. The second-order valence-electron chi connectivity index (χ2n) is 4.70. The van der Waals surface area contributed by atoms with E-state index in [1.54, 1.807) is 0 Å². The van der Waals surface area contributed by atoms with Crippen LogP contribution in [-0.2, 0) is 0 Å². The van der Waals surface area contributed by atoms with Gasteiger partial charge in [0.1, 0.15) is 5.71 Å². The van der Waals surface area contributed by atoms with Crippen molar-refractivity contribution in [3.8, 4) is 0 Å². The van der Waals surface area contributed by atoms with Gasteiger partial charge in [0, 0.05) is 12.8 Å². The molecule has 0 radical (unpaired) electrons. The predicted octanol–water partition coefficient (Wildman–Crippen LogP) is 5.44. The molecule has 0 heterocycles. The van der Waals surface area contributed by atoms with E-state index in [1.165, 1.54) is 0 Å². The van der Waals surface area contributed by atoms with Crippen LogP contribution in [0.15, 0.2) is 0 Å². The third-order valence-corrected chi connectivity index (χ3v) is 2.92. The Labute approximate surface area is 106 Å². The van der Waals surface area contributed by atoms with Crippen molar-refractivity contribution in [3.05, 3.63) is 0 Å². The number of rotatable bonds is 10. The summed E-state index contributed by atoms with van der Waals surface area (Å²) in [6.45, 7) is 3.70.